The van der Waals surface area contributed by atoms with Gasteiger partial charge in [-0.3, -0.25) is 0 Å². The average molecular weight is 143 g/mol. The number of rotatable bonds is 1. The summed E-state index contributed by atoms with van der Waals surface area (Å²) in [6.45, 7) is 0. The number of nitrogens with zero attached hydrogens (tertiary/aromatic N) is 2. The van der Waals surface area contributed by atoms with Gasteiger partial charge in [-0.15, -0.1) is 0 Å². The highest BCUT2D eigenvalue weighted by atomic mass is 15.0. The van der Waals surface area contributed by atoms with Gasteiger partial charge in [0.15, 0.2) is 0 Å². The Kier molecular flexibility index (Phi) is 1.44. The molecule has 0 aromatic carbocycles. The van der Waals surface area contributed by atoms with Gasteiger partial charge in [0.25, 0.3) is 0 Å². The van der Waals surface area contributed by atoms with Crippen molar-refractivity contribution in [2.24, 2.45) is 0 Å². The molecule has 2 nitrogen and oxygen atoms in total. The molecule has 0 amide bonds. The van der Waals surface area contributed by atoms with Crippen LogP contribution in [0.1, 0.15) is 0 Å². The van der Waals surface area contributed by atoms with Crippen LogP contribution in [0.25, 0.3) is 5.82 Å². The first kappa shape index (κ1) is 6.16. The van der Waals surface area contributed by atoms with Crippen molar-refractivity contribution in [1.82, 2.24) is 9.55 Å². The molecule has 11 heavy (non-hydrogen) atoms. The molecule has 1 radical (unpaired) electrons. The monoisotopic (exact) mass is 143 g/mol. The summed E-state index contributed by atoms with van der Waals surface area (Å²) in [5.41, 5.74) is 0. The molecule has 0 aliphatic carbocycles. The number of pyridine rings is 1. The molecule has 2 aromatic heterocycles. The molecule has 2 heterocycles. The van der Waals surface area contributed by atoms with Gasteiger partial charge in [-0.2, -0.15) is 0 Å². The van der Waals surface area contributed by atoms with Crippen molar-refractivity contribution in [3.63, 3.8) is 0 Å². The smallest absolute Gasteiger partial charge is 0.136 e. The predicted octanol–water partition coefficient (Wildman–Crippen LogP) is 1.67. The van der Waals surface area contributed by atoms with Crippen LogP contribution in [0.3, 0.4) is 0 Å². The summed E-state index contributed by atoms with van der Waals surface area (Å²) in [5, 5.41) is 0. The van der Waals surface area contributed by atoms with E-state index in [0.29, 0.717) is 0 Å². The van der Waals surface area contributed by atoms with Crippen molar-refractivity contribution in [3.8, 4) is 5.82 Å². The molecule has 0 aliphatic heterocycles. The molecule has 0 atom stereocenters. The van der Waals surface area contributed by atoms with E-state index < -0.39 is 0 Å². The lowest BCUT2D eigenvalue weighted by Gasteiger charge is -1.98. The van der Waals surface area contributed by atoms with E-state index in [-0.39, 0.29) is 0 Å². The highest BCUT2D eigenvalue weighted by Crippen LogP contribution is 2.01. The van der Waals surface area contributed by atoms with Gasteiger partial charge in [0.05, 0.1) is 0 Å². The van der Waals surface area contributed by atoms with Crippen molar-refractivity contribution in [1.29, 1.82) is 0 Å². The number of hydrogen-bond acceptors (Lipinski definition) is 1. The molecule has 0 aliphatic rings. The maximum atomic E-state index is 4.16. The second kappa shape index (κ2) is 2.58. The number of hydrogen-bond donors (Lipinski definition) is 0. The fourth-order valence-electron chi connectivity index (χ4n) is 0.939. The Morgan fingerprint density at radius 2 is 2.36 bits per heavy atom. The summed E-state index contributed by atoms with van der Waals surface area (Å²) in [7, 11) is 0. The van der Waals surface area contributed by atoms with E-state index in [2.05, 4.69) is 11.1 Å². The van der Waals surface area contributed by atoms with Crippen LogP contribution in [0.15, 0.2) is 42.9 Å². The van der Waals surface area contributed by atoms with Crippen LogP contribution in [0.2, 0.25) is 0 Å². The summed E-state index contributed by atoms with van der Waals surface area (Å²) in [6, 6.07) is 10.6. The summed E-state index contributed by atoms with van der Waals surface area (Å²) >= 11 is 0. The molecule has 53 valence electrons. The van der Waals surface area contributed by atoms with Crippen LogP contribution in [0.5, 0.6) is 0 Å². The minimum Gasteiger partial charge on any atom is -0.308 e. The fourth-order valence-corrected chi connectivity index (χ4v) is 0.939. The molecule has 2 aromatic rings. The van der Waals surface area contributed by atoms with E-state index in [4.69, 9.17) is 0 Å². The topological polar surface area (TPSA) is 17.8 Å². The lowest BCUT2D eigenvalue weighted by atomic mass is 10.5. The van der Waals surface area contributed by atoms with Gasteiger partial charge in [-0.05, 0) is 18.2 Å². The van der Waals surface area contributed by atoms with Crippen LogP contribution in [0, 0.1) is 6.07 Å². The Labute approximate surface area is 65.1 Å². The normalized spacial score (nSPS) is 9.82. The maximum Gasteiger partial charge on any atom is 0.136 e. The highest BCUT2D eigenvalue weighted by Gasteiger charge is 1.90. The molecular formula is C9H7N2. The first-order valence-electron chi connectivity index (χ1n) is 3.42. The van der Waals surface area contributed by atoms with Gasteiger partial charge in [-0.25, -0.2) is 4.98 Å². The first-order valence-corrected chi connectivity index (χ1v) is 3.42. The summed E-state index contributed by atoms with van der Waals surface area (Å²) in [4.78, 5) is 4.16. The van der Waals surface area contributed by atoms with Gasteiger partial charge >= 0.3 is 0 Å². The Bertz CT molecular complexity index is 311. The second-order valence-electron chi connectivity index (χ2n) is 2.21. The zero-order chi connectivity index (χ0) is 7.52. The molecular weight excluding hydrogens is 136 g/mol. The Morgan fingerprint density at radius 3 is 3.00 bits per heavy atom. The van der Waals surface area contributed by atoms with E-state index in [0.717, 1.165) is 5.82 Å². The van der Waals surface area contributed by atoms with Crippen LogP contribution >= 0.6 is 0 Å². The molecule has 2 rings (SSSR count). The Balaban J connectivity index is 2.46. The summed E-state index contributed by atoms with van der Waals surface area (Å²) in [5.74, 6) is 0.925. The largest absolute Gasteiger partial charge is 0.308 e. The summed E-state index contributed by atoms with van der Waals surface area (Å²) in [6.07, 6.45) is 5.54. The van der Waals surface area contributed by atoms with Gasteiger partial charge < -0.3 is 4.57 Å². The van der Waals surface area contributed by atoms with Gasteiger partial charge in [-0.1, -0.05) is 6.07 Å². The zero-order valence-electron chi connectivity index (χ0n) is 5.94. The SMILES string of the molecule is [c]1ccn(-c2ccccn2)c1. The highest BCUT2D eigenvalue weighted by molar-refractivity contribution is 5.21. The molecule has 0 spiro atoms. The Morgan fingerprint density at radius 1 is 1.36 bits per heavy atom. The fraction of sp³-hybridized carbons (Fsp3) is 0. The molecule has 0 fully saturated rings. The van der Waals surface area contributed by atoms with E-state index >= 15 is 0 Å². The van der Waals surface area contributed by atoms with Gasteiger partial charge in [0, 0.05) is 24.7 Å². The van der Waals surface area contributed by atoms with Crippen molar-refractivity contribution in [2.45, 2.75) is 0 Å². The van der Waals surface area contributed by atoms with Crippen LogP contribution in [-0.2, 0) is 0 Å². The Hall–Kier alpha value is -1.57. The third-order valence-corrected chi connectivity index (χ3v) is 1.46. The number of aromatic nitrogens is 2. The van der Waals surface area contributed by atoms with E-state index in [1.165, 1.54) is 0 Å². The van der Waals surface area contributed by atoms with Gasteiger partial charge in [0.2, 0.25) is 0 Å². The summed E-state index contributed by atoms with van der Waals surface area (Å²) < 4.78 is 1.92. The molecule has 0 N–H and O–H groups in total. The van der Waals surface area contributed by atoms with Crippen LogP contribution in [-0.4, -0.2) is 9.55 Å². The standard InChI is InChI=1S/C9H7N2/c1-2-6-10-9(5-1)11-7-3-4-8-11/h1-3,5-8H. The third-order valence-electron chi connectivity index (χ3n) is 1.46. The van der Waals surface area contributed by atoms with Crippen molar-refractivity contribution < 1.29 is 0 Å². The molecule has 0 unspecified atom stereocenters. The lowest BCUT2D eigenvalue weighted by Crippen LogP contribution is -1.91. The maximum absolute atomic E-state index is 4.16. The van der Waals surface area contributed by atoms with E-state index in [1.807, 2.05) is 41.2 Å². The first-order chi connectivity index (χ1) is 5.47. The molecule has 0 saturated heterocycles. The predicted molar refractivity (Wildman–Crippen MR) is 42.4 cm³/mol. The van der Waals surface area contributed by atoms with E-state index in [9.17, 15) is 0 Å². The average Bonchev–Trinajstić information content (AvgIpc) is 2.58. The quantitative estimate of drug-likeness (QED) is 0.593. The molecule has 2 heteroatoms. The minimum absolute atomic E-state index is 0.925. The minimum atomic E-state index is 0.925. The zero-order valence-corrected chi connectivity index (χ0v) is 5.94. The second-order valence-corrected chi connectivity index (χ2v) is 2.21. The third kappa shape index (κ3) is 1.15. The van der Waals surface area contributed by atoms with Crippen LogP contribution < -0.4 is 0 Å². The molecule has 0 bridgehead atoms. The van der Waals surface area contributed by atoms with Crippen molar-refractivity contribution in [3.05, 3.63) is 48.9 Å². The lowest BCUT2D eigenvalue weighted by molar-refractivity contribution is 1.01. The molecule has 0 saturated carbocycles. The van der Waals surface area contributed by atoms with Crippen molar-refractivity contribution >= 4 is 0 Å². The van der Waals surface area contributed by atoms with Gasteiger partial charge in [0.1, 0.15) is 5.82 Å². The van der Waals surface area contributed by atoms with E-state index in [1.54, 1.807) is 6.20 Å². The van der Waals surface area contributed by atoms with Crippen LogP contribution in [0.4, 0.5) is 0 Å². The van der Waals surface area contributed by atoms with Crippen molar-refractivity contribution in [2.75, 3.05) is 0 Å².